The van der Waals surface area contributed by atoms with Crippen molar-refractivity contribution < 1.29 is 41.5 Å². The molecule has 0 saturated carbocycles. The Hall–Kier alpha value is -1.23. The van der Waals surface area contributed by atoms with Gasteiger partial charge in [-0.1, -0.05) is 78.1 Å². The predicted octanol–water partition coefficient (Wildman–Crippen LogP) is 4.47. The monoisotopic (exact) mass is 510 g/mol. The highest BCUT2D eigenvalue weighted by molar-refractivity contribution is 7.87. The third kappa shape index (κ3) is 20.2. The Labute approximate surface area is 206 Å². The molecule has 9 nitrogen and oxygen atoms in total. The zero-order valence-corrected chi connectivity index (χ0v) is 22.0. The molecule has 0 aliphatic rings. The number of hydrogen-bond acceptors (Lipinski definition) is 8. The van der Waals surface area contributed by atoms with E-state index in [1.54, 1.807) is 0 Å². The van der Waals surface area contributed by atoms with E-state index in [1.807, 2.05) is 0 Å². The molecule has 0 aromatic rings. The number of rotatable bonds is 24. The van der Waals surface area contributed by atoms with Crippen molar-refractivity contribution in [1.29, 1.82) is 0 Å². The Morgan fingerprint density at radius 3 is 1.56 bits per heavy atom. The molecule has 202 valence electrons. The van der Waals surface area contributed by atoms with Crippen LogP contribution in [0.3, 0.4) is 0 Å². The first-order valence-corrected chi connectivity index (χ1v) is 14.3. The predicted molar refractivity (Wildman–Crippen MR) is 130 cm³/mol. The lowest BCUT2D eigenvalue weighted by Crippen LogP contribution is -2.35. The molecule has 0 aromatic heterocycles. The van der Waals surface area contributed by atoms with Gasteiger partial charge in [0.2, 0.25) is 0 Å². The number of ether oxygens (including phenoxy) is 4. The summed E-state index contributed by atoms with van der Waals surface area (Å²) in [5, 5.41) is -2.03. The fraction of sp³-hybridized carbons (Fsp3) is 0.917. The van der Waals surface area contributed by atoms with E-state index in [0.29, 0.717) is 13.2 Å². The summed E-state index contributed by atoms with van der Waals surface area (Å²) in [4.78, 5) is 24.0. The molecular weight excluding hydrogens is 464 g/mol. The maximum absolute atomic E-state index is 12.1. The van der Waals surface area contributed by atoms with Gasteiger partial charge in [-0.05, 0) is 12.8 Å². The molecule has 0 amide bonds. The maximum Gasteiger partial charge on any atom is 0.327 e. The SMILES string of the molecule is CCCCCCCCOCCOC(=O)CC(C(=O)OCCOCCCCCCCC)S(=O)(=O)O. The van der Waals surface area contributed by atoms with E-state index in [-0.39, 0.29) is 26.4 Å². The number of unbranched alkanes of at least 4 members (excludes halogenated alkanes) is 10. The number of carbonyl (C=O) groups excluding carboxylic acids is 2. The lowest BCUT2D eigenvalue weighted by molar-refractivity contribution is -0.151. The van der Waals surface area contributed by atoms with Crippen LogP contribution in [0.2, 0.25) is 0 Å². The van der Waals surface area contributed by atoms with Gasteiger partial charge in [0.15, 0.2) is 5.25 Å². The first-order valence-electron chi connectivity index (χ1n) is 12.8. The van der Waals surface area contributed by atoms with Gasteiger partial charge in [-0.25, -0.2) is 0 Å². The summed E-state index contributed by atoms with van der Waals surface area (Å²) in [5.41, 5.74) is 0. The first-order chi connectivity index (χ1) is 16.3. The van der Waals surface area contributed by atoms with Crippen molar-refractivity contribution in [2.24, 2.45) is 0 Å². The molecule has 0 saturated heterocycles. The molecule has 0 aliphatic carbocycles. The average molecular weight is 511 g/mol. The van der Waals surface area contributed by atoms with E-state index in [9.17, 15) is 22.6 Å². The molecule has 10 heteroatoms. The van der Waals surface area contributed by atoms with Crippen molar-refractivity contribution in [3.8, 4) is 0 Å². The van der Waals surface area contributed by atoms with Gasteiger partial charge in [-0.2, -0.15) is 8.42 Å². The molecule has 0 bridgehead atoms. The molecule has 0 spiro atoms. The highest BCUT2D eigenvalue weighted by atomic mass is 32.2. The van der Waals surface area contributed by atoms with Gasteiger partial charge in [0.25, 0.3) is 10.1 Å². The summed E-state index contributed by atoms with van der Waals surface area (Å²) in [7, 11) is -4.82. The zero-order valence-electron chi connectivity index (χ0n) is 21.1. The second-order valence-corrected chi connectivity index (χ2v) is 9.95. The lowest BCUT2D eigenvalue weighted by Gasteiger charge is -2.13. The fourth-order valence-electron chi connectivity index (χ4n) is 3.20. The summed E-state index contributed by atoms with van der Waals surface area (Å²) < 4.78 is 52.9. The summed E-state index contributed by atoms with van der Waals surface area (Å²) in [5.74, 6) is -2.14. The Morgan fingerprint density at radius 1 is 0.647 bits per heavy atom. The molecule has 34 heavy (non-hydrogen) atoms. The minimum atomic E-state index is -4.82. The zero-order chi connectivity index (χ0) is 25.5. The van der Waals surface area contributed by atoms with E-state index >= 15 is 0 Å². The second kappa shape index (κ2) is 22.2. The van der Waals surface area contributed by atoms with Crippen molar-refractivity contribution in [1.82, 2.24) is 0 Å². The third-order valence-electron chi connectivity index (χ3n) is 5.22. The molecule has 1 atom stereocenters. The first kappa shape index (κ1) is 32.8. The van der Waals surface area contributed by atoms with Gasteiger partial charge >= 0.3 is 11.9 Å². The smallest absolute Gasteiger partial charge is 0.327 e. The van der Waals surface area contributed by atoms with Crippen molar-refractivity contribution in [2.45, 2.75) is 103 Å². The number of hydrogen-bond donors (Lipinski definition) is 1. The van der Waals surface area contributed by atoms with Crippen molar-refractivity contribution in [2.75, 3.05) is 39.6 Å². The Bertz CT molecular complexity index is 608. The third-order valence-corrected chi connectivity index (χ3v) is 6.30. The van der Waals surface area contributed by atoms with Crippen LogP contribution in [0.4, 0.5) is 0 Å². The molecular formula is C24H46O9S. The van der Waals surface area contributed by atoms with Crippen LogP contribution in [0.5, 0.6) is 0 Å². The minimum Gasteiger partial charge on any atom is -0.463 e. The van der Waals surface area contributed by atoms with Crippen LogP contribution >= 0.6 is 0 Å². The molecule has 0 aliphatic heterocycles. The quantitative estimate of drug-likeness (QED) is 0.114. The average Bonchev–Trinajstić information content (AvgIpc) is 2.79. The van der Waals surface area contributed by atoms with Crippen LogP contribution in [0.15, 0.2) is 0 Å². The Balaban J connectivity index is 3.97. The molecule has 0 aromatic carbocycles. The molecule has 0 heterocycles. The Kier molecular flexibility index (Phi) is 21.4. The second-order valence-electron chi connectivity index (χ2n) is 8.36. The van der Waals surface area contributed by atoms with E-state index in [2.05, 4.69) is 13.8 Å². The van der Waals surface area contributed by atoms with Gasteiger partial charge in [0, 0.05) is 13.2 Å². The standard InChI is InChI=1S/C24H46O9S/c1-3-5-7-9-11-13-15-30-17-19-32-23(25)21-22(34(27,28)29)24(26)33-20-18-31-16-14-12-10-8-6-4-2/h22H,3-21H2,1-2H3,(H,27,28,29). The maximum atomic E-state index is 12.1. The van der Waals surface area contributed by atoms with Crippen LogP contribution in [-0.2, 0) is 38.7 Å². The van der Waals surface area contributed by atoms with E-state index in [0.717, 1.165) is 32.1 Å². The van der Waals surface area contributed by atoms with Crippen LogP contribution in [0.1, 0.15) is 97.3 Å². The minimum absolute atomic E-state index is 0.0613. The summed E-state index contributed by atoms with van der Waals surface area (Å²) >= 11 is 0. The summed E-state index contributed by atoms with van der Waals surface area (Å²) in [6, 6.07) is 0. The molecule has 1 N–H and O–H groups in total. The highest BCUT2D eigenvalue weighted by Gasteiger charge is 2.35. The van der Waals surface area contributed by atoms with Gasteiger partial charge in [0.1, 0.15) is 13.2 Å². The Morgan fingerprint density at radius 2 is 1.09 bits per heavy atom. The lowest BCUT2D eigenvalue weighted by atomic mass is 10.1. The largest absolute Gasteiger partial charge is 0.463 e. The van der Waals surface area contributed by atoms with Crippen molar-refractivity contribution in [3.63, 3.8) is 0 Å². The molecule has 0 fully saturated rings. The van der Waals surface area contributed by atoms with E-state index in [4.69, 9.17) is 18.9 Å². The topological polar surface area (TPSA) is 125 Å². The van der Waals surface area contributed by atoms with E-state index < -0.39 is 33.7 Å². The fourth-order valence-corrected chi connectivity index (χ4v) is 3.86. The molecule has 1 unspecified atom stereocenters. The van der Waals surface area contributed by atoms with Gasteiger partial charge < -0.3 is 18.9 Å². The van der Waals surface area contributed by atoms with Crippen LogP contribution in [0.25, 0.3) is 0 Å². The molecule has 0 rings (SSSR count). The number of esters is 2. The van der Waals surface area contributed by atoms with Gasteiger partial charge in [-0.3, -0.25) is 14.1 Å². The summed E-state index contributed by atoms with van der Waals surface area (Å²) in [6.45, 7) is 5.48. The highest BCUT2D eigenvalue weighted by Crippen LogP contribution is 2.09. The van der Waals surface area contributed by atoms with Crippen LogP contribution in [-0.4, -0.2) is 69.8 Å². The normalized spacial score (nSPS) is 12.4. The van der Waals surface area contributed by atoms with Crippen molar-refractivity contribution in [3.05, 3.63) is 0 Å². The summed E-state index contributed by atoms with van der Waals surface area (Å²) in [6.07, 6.45) is 12.8. The van der Waals surface area contributed by atoms with Gasteiger partial charge in [0.05, 0.1) is 19.6 Å². The van der Waals surface area contributed by atoms with Crippen LogP contribution in [0, 0.1) is 0 Å². The van der Waals surface area contributed by atoms with Crippen molar-refractivity contribution >= 4 is 22.1 Å². The van der Waals surface area contributed by atoms with Crippen LogP contribution < -0.4 is 0 Å². The van der Waals surface area contributed by atoms with E-state index in [1.165, 1.54) is 44.9 Å². The number of carbonyl (C=O) groups is 2. The van der Waals surface area contributed by atoms with Gasteiger partial charge in [-0.15, -0.1) is 0 Å². The molecule has 0 radical (unpaired) electrons.